The predicted molar refractivity (Wildman–Crippen MR) is 118 cm³/mol. The lowest BCUT2D eigenvalue weighted by Crippen LogP contribution is -2.25. The number of carbonyl (C=O) groups excluding carboxylic acids is 1. The van der Waals surface area contributed by atoms with Gasteiger partial charge in [-0.1, -0.05) is 36.4 Å². The summed E-state index contributed by atoms with van der Waals surface area (Å²) in [4.78, 5) is 13.0. The Hall–Kier alpha value is -3.32. The van der Waals surface area contributed by atoms with Crippen LogP contribution in [-0.2, 0) is 10.0 Å². The van der Waals surface area contributed by atoms with Crippen molar-refractivity contribution in [3.8, 4) is 11.5 Å². The molecule has 0 saturated carbocycles. The number of amides is 1. The second-order valence-electron chi connectivity index (χ2n) is 7.11. The van der Waals surface area contributed by atoms with E-state index in [-0.39, 0.29) is 11.7 Å². The van der Waals surface area contributed by atoms with Crippen molar-refractivity contribution >= 4 is 27.3 Å². The fraction of sp³-hybridized carbons (Fsp3) is 0.174. The van der Waals surface area contributed by atoms with Crippen molar-refractivity contribution in [1.29, 1.82) is 0 Å². The molecule has 3 aromatic rings. The number of rotatable bonds is 5. The van der Waals surface area contributed by atoms with Crippen LogP contribution in [0.5, 0.6) is 11.5 Å². The van der Waals surface area contributed by atoms with Gasteiger partial charge in [0, 0.05) is 12.2 Å². The van der Waals surface area contributed by atoms with Crippen molar-refractivity contribution in [3.63, 3.8) is 0 Å². The van der Waals surface area contributed by atoms with E-state index in [0.717, 1.165) is 5.56 Å². The molecule has 1 amide bonds. The van der Waals surface area contributed by atoms with Crippen molar-refractivity contribution in [2.75, 3.05) is 21.9 Å². The quantitative estimate of drug-likeness (QED) is 0.653. The SMILES string of the molecule is Cc1ccc(N2CCCS2(=O)=O)cc1NC(=O)c1ccccc1Oc1ccccc1. The van der Waals surface area contributed by atoms with E-state index in [9.17, 15) is 13.2 Å². The summed E-state index contributed by atoms with van der Waals surface area (Å²) < 4.78 is 31.8. The summed E-state index contributed by atoms with van der Waals surface area (Å²) in [7, 11) is -3.29. The number of ether oxygens (including phenoxy) is 1. The minimum Gasteiger partial charge on any atom is -0.457 e. The third kappa shape index (κ3) is 4.16. The maximum absolute atomic E-state index is 13.0. The number of benzene rings is 3. The zero-order valence-corrected chi connectivity index (χ0v) is 17.4. The Labute approximate surface area is 176 Å². The van der Waals surface area contributed by atoms with Gasteiger partial charge in [0.15, 0.2) is 0 Å². The first-order valence-corrected chi connectivity index (χ1v) is 11.3. The van der Waals surface area contributed by atoms with Crippen LogP contribution in [0.15, 0.2) is 72.8 Å². The maximum atomic E-state index is 13.0. The predicted octanol–water partition coefficient (Wildman–Crippen LogP) is 4.58. The fourth-order valence-corrected chi connectivity index (χ4v) is 4.93. The molecule has 6 nitrogen and oxygen atoms in total. The van der Waals surface area contributed by atoms with Crippen molar-refractivity contribution in [1.82, 2.24) is 0 Å². The zero-order valence-electron chi connectivity index (χ0n) is 16.5. The van der Waals surface area contributed by atoms with Gasteiger partial charge in [0.25, 0.3) is 5.91 Å². The van der Waals surface area contributed by atoms with E-state index >= 15 is 0 Å². The third-order valence-corrected chi connectivity index (χ3v) is 6.83. The Morgan fingerprint density at radius 3 is 2.47 bits per heavy atom. The molecule has 1 heterocycles. The van der Waals surface area contributed by atoms with Crippen LogP contribution in [0.25, 0.3) is 0 Å². The van der Waals surface area contributed by atoms with E-state index in [1.807, 2.05) is 43.3 Å². The molecule has 0 spiro atoms. The lowest BCUT2D eigenvalue weighted by molar-refractivity contribution is 0.102. The van der Waals surface area contributed by atoms with Gasteiger partial charge < -0.3 is 10.1 Å². The van der Waals surface area contributed by atoms with Gasteiger partial charge in [-0.3, -0.25) is 9.10 Å². The van der Waals surface area contributed by atoms with Gasteiger partial charge in [-0.25, -0.2) is 8.42 Å². The molecule has 30 heavy (non-hydrogen) atoms. The van der Waals surface area contributed by atoms with E-state index in [2.05, 4.69) is 5.32 Å². The van der Waals surface area contributed by atoms with E-state index < -0.39 is 10.0 Å². The molecular formula is C23H22N2O4S. The topological polar surface area (TPSA) is 75.7 Å². The number of hydrogen-bond acceptors (Lipinski definition) is 4. The number of para-hydroxylation sites is 2. The molecule has 4 rings (SSSR count). The van der Waals surface area contributed by atoms with Crippen LogP contribution in [0.2, 0.25) is 0 Å². The summed E-state index contributed by atoms with van der Waals surface area (Å²) >= 11 is 0. The van der Waals surface area contributed by atoms with E-state index in [1.165, 1.54) is 4.31 Å². The Morgan fingerprint density at radius 2 is 1.73 bits per heavy atom. The van der Waals surface area contributed by atoms with E-state index in [1.54, 1.807) is 36.4 Å². The summed E-state index contributed by atoms with van der Waals surface area (Å²) in [6.45, 7) is 2.32. The van der Waals surface area contributed by atoms with Crippen LogP contribution >= 0.6 is 0 Å². The highest BCUT2D eigenvalue weighted by Crippen LogP contribution is 2.30. The molecule has 3 aromatic carbocycles. The molecule has 0 unspecified atom stereocenters. The number of sulfonamides is 1. The fourth-order valence-electron chi connectivity index (χ4n) is 3.38. The van der Waals surface area contributed by atoms with Crippen LogP contribution in [0.4, 0.5) is 11.4 Å². The van der Waals surface area contributed by atoms with E-state index in [4.69, 9.17) is 4.74 Å². The highest BCUT2D eigenvalue weighted by atomic mass is 32.2. The van der Waals surface area contributed by atoms with Crippen LogP contribution in [0.3, 0.4) is 0 Å². The van der Waals surface area contributed by atoms with Gasteiger partial charge in [-0.05, 0) is 55.3 Å². The van der Waals surface area contributed by atoms with Gasteiger partial charge in [-0.15, -0.1) is 0 Å². The Morgan fingerprint density at radius 1 is 1.00 bits per heavy atom. The van der Waals surface area contributed by atoms with Gasteiger partial charge in [0.05, 0.1) is 17.0 Å². The molecule has 1 N–H and O–H groups in total. The molecule has 0 bridgehead atoms. The molecular weight excluding hydrogens is 400 g/mol. The van der Waals surface area contributed by atoms with Gasteiger partial charge >= 0.3 is 0 Å². The summed E-state index contributed by atoms with van der Waals surface area (Å²) in [6, 6.07) is 21.5. The number of anilines is 2. The van der Waals surface area contributed by atoms with Crippen LogP contribution in [-0.4, -0.2) is 26.6 Å². The monoisotopic (exact) mass is 422 g/mol. The van der Waals surface area contributed by atoms with Gasteiger partial charge in [0.2, 0.25) is 10.0 Å². The number of nitrogens with one attached hydrogen (secondary N) is 1. The average Bonchev–Trinajstić information content (AvgIpc) is 3.10. The molecule has 0 radical (unpaired) electrons. The smallest absolute Gasteiger partial charge is 0.259 e. The summed E-state index contributed by atoms with van der Waals surface area (Å²) in [5.74, 6) is 0.894. The zero-order chi connectivity index (χ0) is 21.1. The Balaban J connectivity index is 1.60. The first-order chi connectivity index (χ1) is 14.4. The number of nitrogens with zero attached hydrogens (tertiary/aromatic N) is 1. The lowest BCUT2D eigenvalue weighted by atomic mass is 10.1. The van der Waals surface area contributed by atoms with Gasteiger partial charge in [0.1, 0.15) is 11.5 Å². The Bertz CT molecular complexity index is 1180. The van der Waals surface area contributed by atoms with Crippen molar-refractivity contribution in [3.05, 3.63) is 83.9 Å². The standard InChI is InChI=1S/C23H22N2O4S/c1-17-12-13-18(25-14-7-15-30(25,27)28)16-21(17)24-23(26)20-10-5-6-11-22(20)29-19-8-3-2-4-9-19/h2-6,8-13,16H,7,14-15H2,1H3,(H,24,26). The molecule has 1 fully saturated rings. The normalized spacial score (nSPS) is 15.0. The number of carbonyl (C=O) groups is 1. The maximum Gasteiger partial charge on any atom is 0.259 e. The molecule has 0 aromatic heterocycles. The minimum atomic E-state index is -3.29. The van der Waals surface area contributed by atoms with Crippen LogP contribution < -0.4 is 14.4 Å². The lowest BCUT2D eigenvalue weighted by Gasteiger charge is -2.19. The molecule has 7 heteroatoms. The summed E-state index contributed by atoms with van der Waals surface area (Å²) in [6.07, 6.45) is 0.599. The Kier molecular flexibility index (Phi) is 5.46. The van der Waals surface area contributed by atoms with Crippen molar-refractivity contribution in [2.24, 2.45) is 0 Å². The first-order valence-electron chi connectivity index (χ1n) is 9.68. The van der Waals surface area contributed by atoms with Crippen molar-refractivity contribution in [2.45, 2.75) is 13.3 Å². The second-order valence-corrected chi connectivity index (χ2v) is 9.12. The molecule has 1 aliphatic rings. The van der Waals surface area contributed by atoms with Gasteiger partial charge in [-0.2, -0.15) is 0 Å². The highest BCUT2D eigenvalue weighted by Gasteiger charge is 2.28. The second kappa shape index (κ2) is 8.20. The molecule has 1 saturated heterocycles. The number of aryl methyl sites for hydroxylation is 1. The number of hydrogen-bond donors (Lipinski definition) is 1. The van der Waals surface area contributed by atoms with E-state index in [0.29, 0.717) is 41.4 Å². The molecule has 1 aliphatic heterocycles. The highest BCUT2D eigenvalue weighted by molar-refractivity contribution is 7.93. The molecule has 154 valence electrons. The minimum absolute atomic E-state index is 0.146. The molecule has 0 aliphatic carbocycles. The third-order valence-electron chi connectivity index (χ3n) is 4.96. The summed E-state index contributed by atoms with van der Waals surface area (Å²) in [5.41, 5.74) is 2.35. The van der Waals surface area contributed by atoms with Crippen LogP contribution in [0, 0.1) is 6.92 Å². The van der Waals surface area contributed by atoms with Crippen molar-refractivity contribution < 1.29 is 17.9 Å². The largest absolute Gasteiger partial charge is 0.457 e. The summed E-state index contributed by atoms with van der Waals surface area (Å²) in [5, 5.41) is 2.90. The average molecular weight is 423 g/mol. The first kappa shape index (κ1) is 20.0. The van der Waals surface area contributed by atoms with Crippen LogP contribution in [0.1, 0.15) is 22.3 Å². The molecule has 0 atom stereocenters.